The van der Waals surface area contributed by atoms with Gasteiger partial charge in [-0.05, 0) is 20.8 Å². The summed E-state index contributed by atoms with van der Waals surface area (Å²) in [6.45, 7) is 4.62. The molecule has 3 heteroatoms. The van der Waals surface area contributed by atoms with Crippen molar-refractivity contribution >= 4 is 0 Å². The summed E-state index contributed by atoms with van der Waals surface area (Å²) >= 11 is 0. The van der Waals surface area contributed by atoms with Crippen LogP contribution in [0.5, 0.6) is 0 Å². The maximum absolute atomic E-state index is 12.0. The van der Waals surface area contributed by atoms with Gasteiger partial charge < -0.3 is 0 Å². The fourth-order valence-electron chi connectivity index (χ4n) is 0.669. The lowest BCUT2D eigenvalue weighted by Crippen LogP contribution is -2.08. The van der Waals surface area contributed by atoms with E-state index in [1.807, 2.05) is 6.92 Å². The summed E-state index contributed by atoms with van der Waals surface area (Å²) in [6, 6.07) is 0. The number of allylic oxidation sites excluding steroid dienone is 6. The Morgan fingerprint density at radius 3 is 2.00 bits per heavy atom. The fraction of sp³-hybridized carbons (Fsp3) is 0.400. The first-order valence-electron chi connectivity index (χ1n) is 3.93. The minimum Gasteiger partial charge on any atom is -0.166 e. The lowest BCUT2D eigenvalue weighted by Gasteiger charge is -2.04. The highest BCUT2D eigenvalue weighted by molar-refractivity contribution is 5.24. The van der Waals surface area contributed by atoms with Crippen LogP contribution in [-0.4, -0.2) is 6.18 Å². The predicted octanol–water partition coefficient (Wildman–Crippen LogP) is 4.02. The number of halogens is 3. The largest absolute Gasteiger partial charge is 0.412 e. The van der Waals surface area contributed by atoms with E-state index in [0.29, 0.717) is 0 Å². The van der Waals surface area contributed by atoms with Gasteiger partial charge in [0.25, 0.3) is 0 Å². The Morgan fingerprint density at radius 2 is 1.62 bits per heavy atom. The Kier molecular flexibility index (Phi) is 4.52. The molecular weight excluding hydrogens is 177 g/mol. The van der Waals surface area contributed by atoms with Crippen molar-refractivity contribution in [2.24, 2.45) is 0 Å². The van der Waals surface area contributed by atoms with Gasteiger partial charge in [-0.3, -0.25) is 0 Å². The summed E-state index contributed by atoms with van der Waals surface area (Å²) in [7, 11) is 0. The van der Waals surface area contributed by atoms with E-state index in [9.17, 15) is 13.2 Å². The Hall–Kier alpha value is -0.990. The highest BCUT2D eigenvalue weighted by atomic mass is 19.4. The molecule has 13 heavy (non-hydrogen) atoms. The lowest BCUT2D eigenvalue weighted by molar-refractivity contribution is -0.0912. The Morgan fingerprint density at radius 1 is 1.08 bits per heavy atom. The minimum atomic E-state index is -4.22. The molecule has 0 radical (unpaired) electrons. The second-order valence-electron chi connectivity index (χ2n) is 2.76. The molecule has 0 saturated heterocycles. The second-order valence-corrected chi connectivity index (χ2v) is 2.76. The highest BCUT2D eigenvalue weighted by Crippen LogP contribution is 2.24. The molecular formula is C10H13F3. The van der Waals surface area contributed by atoms with Gasteiger partial charge in [0.2, 0.25) is 0 Å². The molecule has 0 spiro atoms. The van der Waals surface area contributed by atoms with E-state index >= 15 is 0 Å². The summed E-state index contributed by atoms with van der Waals surface area (Å²) in [6.07, 6.45) is 1.84. The van der Waals surface area contributed by atoms with E-state index < -0.39 is 11.7 Å². The maximum Gasteiger partial charge on any atom is 0.412 e. The summed E-state index contributed by atoms with van der Waals surface area (Å²) in [5.41, 5.74) is 0.211. The van der Waals surface area contributed by atoms with Gasteiger partial charge >= 0.3 is 6.18 Å². The van der Waals surface area contributed by atoms with Crippen LogP contribution in [0.4, 0.5) is 13.2 Å². The molecule has 0 heterocycles. The molecule has 0 aromatic rings. The smallest absolute Gasteiger partial charge is 0.166 e. The van der Waals surface area contributed by atoms with Gasteiger partial charge in [0.05, 0.1) is 0 Å². The summed E-state index contributed by atoms with van der Waals surface area (Å²) in [4.78, 5) is 0. The van der Waals surface area contributed by atoms with Crippen LogP contribution in [0, 0.1) is 0 Å². The zero-order valence-corrected chi connectivity index (χ0v) is 7.94. The molecule has 74 valence electrons. The van der Waals surface area contributed by atoms with Crippen LogP contribution in [0.1, 0.15) is 20.8 Å². The SMILES string of the molecule is CC=C/C(C)=C\C=C(/C)C(F)(F)F. The summed E-state index contributed by atoms with van der Waals surface area (Å²) in [5, 5.41) is 0. The van der Waals surface area contributed by atoms with Gasteiger partial charge in [-0.25, -0.2) is 0 Å². The normalized spacial score (nSPS) is 15.5. The molecule has 0 atom stereocenters. The third-order valence-electron chi connectivity index (χ3n) is 1.47. The third-order valence-corrected chi connectivity index (χ3v) is 1.47. The van der Waals surface area contributed by atoms with Crippen molar-refractivity contribution in [1.29, 1.82) is 0 Å². The first-order chi connectivity index (χ1) is 5.88. The van der Waals surface area contributed by atoms with Crippen molar-refractivity contribution in [3.63, 3.8) is 0 Å². The van der Waals surface area contributed by atoms with Crippen molar-refractivity contribution in [3.05, 3.63) is 35.5 Å². The Balaban J connectivity index is 4.51. The van der Waals surface area contributed by atoms with E-state index in [2.05, 4.69) is 0 Å². The van der Waals surface area contributed by atoms with E-state index in [0.717, 1.165) is 18.6 Å². The monoisotopic (exact) mass is 190 g/mol. The van der Waals surface area contributed by atoms with Crippen LogP contribution in [0.2, 0.25) is 0 Å². The zero-order valence-electron chi connectivity index (χ0n) is 7.94. The molecule has 0 bridgehead atoms. The third kappa shape index (κ3) is 5.28. The van der Waals surface area contributed by atoms with Crippen molar-refractivity contribution in [3.8, 4) is 0 Å². The van der Waals surface area contributed by atoms with Crippen LogP contribution >= 0.6 is 0 Å². The lowest BCUT2D eigenvalue weighted by atomic mass is 10.2. The van der Waals surface area contributed by atoms with Crippen LogP contribution in [-0.2, 0) is 0 Å². The van der Waals surface area contributed by atoms with E-state index in [4.69, 9.17) is 0 Å². The Bertz CT molecular complexity index is 241. The van der Waals surface area contributed by atoms with Crippen molar-refractivity contribution < 1.29 is 13.2 Å². The van der Waals surface area contributed by atoms with Gasteiger partial charge in [0.1, 0.15) is 0 Å². The van der Waals surface area contributed by atoms with Crippen LogP contribution in [0.25, 0.3) is 0 Å². The average Bonchev–Trinajstić information content (AvgIpc) is 1.99. The second kappa shape index (κ2) is 4.90. The van der Waals surface area contributed by atoms with Gasteiger partial charge in [0, 0.05) is 5.57 Å². The van der Waals surface area contributed by atoms with E-state index in [-0.39, 0.29) is 0 Å². The van der Waals surface area contributed by atoms with Crippen molar-refractivity contribution in [1.82, 2.24) is 0 Å². The molecule has 0 aromatic carbocycles. The number of alkyl halides is 3. The van der Waals surface area contributed by atoms with Crippen molar-refractivity contribution in [2.75, 3.05) is 0 Å². The van der Waals surface area contributed by atoms with Crippen LogP contribution in [0.15, 0.2) is 35.5 Å². The molecule has 0 aromatic heterocycles. The zero-order chi connectivity index (χ0) is 10.5. The topological polar surface area (TPSA) is 0 Å². The fourth-order valence-corrected chi connectivity index (χ4v) is 0.669. The summed E-state index contributed by atoms with van der Waals surface area (Å²) in [5.74, 6) is 0. The molecule has 0 nitrogen and oxygen atoms in total. The van der Waals surface area contributed by atoms with E-state index in [1.54, 1.807) is 19.1 Å². The average molecular weight is 190 g/mol. The van der Waals surface area contributed by atoms with Crippen LogP contribution in [0.3, 0.4) is 0 Å². The quantitative estimate of drug-likeness (QED) is 0.577. The van der Waals surface area contributed by atoms with Gasteiger partial charge in [-0.15, -0.1) is 0 Å². The first kappa shape index (κ1) is 12.0. The van der Waals surface area contributed by atoms with E-state index in [1.165, 1.54) is 6.08 Å². The standard InChI is InChI=1S/C10H13F3/c1-4-5-8(2)6-7-9(3)10(11,12)13/h4-7H,1-3H3/b5-4?,8-6-,9-7+. The minimum absolute atomic E-state index is 0.587. The first-order valence-corrected chi connectivity index (χ1v) is 3.93. The predicted molar refractivity (Wildman–Crippen MR) is 48.4 cm³/mol. The molecule has 0 unspecified atom stereocenters. The molecule has 0 fully saturated rings. The van der Waals surface area contributed by atoms with Gasteiger partial charge in [-0.1, -0.05) is 29.9 Å². The highest BCUT2D eigenvalue weighted by Gasteiger charge is 2.29. The molecule has 0 aliphatic rings. The molecule has 0 aliphatic heterocycles. The summed E-state index contributed by atoms with van der Waals surface area (Å²) < 4.78 is 35.9. The molecule has 0 N–H and O–H groups in total. The molecule has 0 amide bonds. The number of rotatable bonds is 2. The molecule has 0 aliphatic carbocycles. The number of hydrogen-bond acceptors (Lipinski definition) is 0. The maximum atomic E-state index is 12.0. The van der Waals surface area contributed by atoms with Gasteiger partial charge in [-0.2, -0.15) is 13.2 Å². The Labute approximate surface area is 76.5 Å². The number of hydrogen-bond donors (Lipinski definition) is 0. The molecule has 0 saturated carbocycles. The van der Waals surface area contributed by atoms with Crippen LogP contribution < -0.4 is 0 Å². The van der Waals surface area contributed by atoms with Gasteiger partial charge in [0.15, 0.2) is 0 Å². The molecule has 0 rings (SSSR count). The van der Waals surface area contributed by atoms with Crippen molar-refractivity contribution in [2.45, 2.75) is 26.9 Å².